The SMILES string of the molecule is CCOc1ccc(C(O)CCN2CCCC2)c(OCC)c1. The summed E-state index contributed by atoms with van der Waals surface area (Å²) < 4.78 is 11.2. The Bertz CT molecular complexity index is 430. The van der Waals surface area contributed by atoms with Gasteiger partial charge in [0.1, 0.15) is 11.5 Å². The average molecular weight is 293 g/mol. The largest absolute Gasteiger partial charge is 0.494 e. The number of hydrogen-bond donors (Lipinski definition) is 1. The molecule has 1 aromatic rings. The molecular formula is C17H27NO3. The van der Waals surface area contributed by atoms with Gasteiger partial charge in [-0.1, -0.05) is 0 Å². The minimum atomic E-state index is -0.483. The van der Waals surface area contributed by atoms with Crippen LogP contribution >= 0.6 is 0 Å². The molecule has 1 unspecified atom stereocenters. The average Bonchev–Trinajstić information content (AvgIpc) is 2.99. The third-order valence-corrected chi connectivity index (χ3v) is 3.87. The summed E-state index contributed by atoms with van der Waals surface area (Å²) in [6.07, 6.45) is 2.82. The lowest BCUT2D eigenvalue weighted by Crippen LogP contribution is -2.22. The van der Waals surface area contributed by atoms with Gasteiger partial charge in [0, 0.05) is 18.2 Å². The van der Waals surface area contributed by atoms with E-state index in [9.17, 15) is 5.11 Å². The summed E-state index contributed by atoms with van der Waals surface area (Å²) in [5.74, 6) is 1.52. The maximum absolute atomic E-state index is 10.5. The standard InChI is InChI=1S/C17H27NO3/c1-3-20-14-7-8-15(17(13-14)21-4-2)16(19)9-12-18-10-5-6-11-18/h7-8,13,16,19H,3-6,9-12H2,1-2H3. The van der Waals surface area contributed by atoms with Gasteiger partial charge in [-0.05, 0) is 58.3 Å². The highest BCUT2D eigenvalue weighted by atomic mass is 16.5. The van der Waals surface area contributed by atoms with Gasteiger partial charge in [-0.2, -0.15) is 0 Å². The molecule has 0 radical (unpaired) electrons. The molecule has 1 fully saturated rings. The van der Waals surface area contributed by atoms with Crippen LogP contribution < -0.4 is 9.47 Å². The first-order valence-corrected chi connectivity index (χ1v) is 8.04. The van der Waals surface area contributed by atoms with Crippen LogP contribution in [-0.2, 0) is 0 Å². The van der Waals surface area contributed by atoms with Crippen molar-refractivity contribution in [2.75, 3.05) is 32.8 Å². The zero-order valence-electron chi connectivity index (χ0n) is 13.2. The molecule has 118 valence electrons. The van der Waals surface area contributed by atoms with Crippen LogP contribution in [0.5, 0.6) is 11.5 Å². The van der Waals surface area contributed by atoms with Crippen LogP contribution in [0.4, 0.5) is 0 Å². The number of rotatable bonds is 8. The normalized spacial score (nSPS) is 16.9. The van der Waals surface area contributed by atoms with E-state index in [1.54, 1.807) is 0 Å². The number of likely N-dealkylation sites (tertiary alicyclic amines) is 1. The molecule has 1 atom stereocenters. The van der Waals surface area contributed by atoms with Gasteiger partial charge in [0.25, 0.3) is 0 Å². The molecule has 0 bridgehead atoms. The summed E-state index contributed by atoms with van der Waals surface area (Å²) in [4.78, 5) is 2.41. The second kappa shape index (κ2) is 8.25. The molecule has 1 heterocycles. The number of ether oxygens (including phenoxy) is 2. The lowest BCUT2D eigenvalue weighted by Gasteiger charge is -2.20. The van der Waals surface area contributed by atoms with Crippen molar-refractivity contribution in [3.63, 3.8) is 0 Å². The highest BCUT2D eigenvalue weighted by molar-refractivity contribution is 5.42. The summed E-state index contributed by atoms with van der Waals surface area (Å²) in [5, 5.41) is 10.5. The van der Waals surface area contributed by atoms with Crippen molar-refractivity contribution < 1.29 is 14.6 Å². The molecule has 0 saturated carbocycles. The number of hydrogen-bond acceptors (Lipinski definition) is 4. The Labute approximate surface area is 127 Å². The quantitative estimate of drug-likeness (QED) is 0.800. The molecule has 0 aliphatic carbocycles. The molecule has 0 aromatic heterocycles. The second-order valence-corrected chi connectivity index (χ2v) is 5.42. The minimum Gasteiger partial charge on any atom is -0.494 e. The molecule has 1 aromatic carbocycles. The lowest BCUT2D eigenvalue weighted by atomic mass is 10.0. The van der Waals surface area contributed by atoms with E-state index in [1.807, 2.05) is 32.0 Å². The van der Waals surface area contributed by atoms with Gasteiger partial charge in [-0.3, -0.25) is 0 Å². The smallest absolute Gasteiger partial charge is 0.128 e. The highest BCUT2D eigenvalue weighted by Gasteiger charge is 2.17. The molecule has 4 heteroatoms. The van der Waals surface area contributed by atoms with E-state index >= 15 is 0 Å². The highest BCUT2D eigenvalue weighted by Crippen LogP contribution is 2.31. The van der Waals surface area contributed by atoms with Gasteiger partial charge in [0.15, 0.2) is 0 Å². The van der Waals surface area contributed by atoms with Crippen molar-refractivity contribution in [3.05, 3.63) is 23.8 Å². The lowest BCUT2D eigenvalue weighted by molar-refractivity contribution is 0.144. The maximum Gasteiger partial charge on any atom is 0.128 e. The zero-order valence-corrected chi connectivity index (χ0v) is 13.2. The van der Waals surface area contributed by atoms with E-state index in [2.05, 4.69) is 4.90 Å². The number of aliphatic hydroxyl groups excluding tert-OH is 1. The fourth-order valence-corrected chi connectivity index (χ4v) is 2.79. The number of nitrogens with zero attached hydrogens (tertiary/aromatic N) is 1. The Morgan fingerprint density at radius 2 is 1.86 bits per heavy atom. The van der Waals surface area contributed by atoms with E-state index in [0.29, 0.717) is 13.2 Å². The summed E-state index contributed by atoms with van der Waals surface area (Å²) in [5.41, 5.74) is 0.861. The van der Waals surface area contributed by atoms with Gasteiger partial charge in [-0.15, -0.1) is 0 Å². The summed E-state index contributed by atoms with van der Waals surface area (Å²) in [6.45, 7) is 8.39. The van der Waals surface area contributed by atoms with Gasteiger partial charge in [-0.25, -0.2) is 0 Å². The second-order valence-electron chi connectivity index (χ2n) is 5.42. The van der Waals surface area contributed by atoms with Crippen LogP contribution in [0.2, 0.25) is 0 Å². The third kappa shape index (κ3) is 4.61. The van der Waals surface area contributed by atoms with Gasteiger partial charge >= 0.3 is 0 Å². The zero-order chi connectivity index (χ0) is 15.1. The van der Waals surface area contributed by atoms with Gasteiger partial charge < -0.3 is 19.5 Å². The summed E-state index contributed by atoms with van der Waals surface area (Å²) in [7, 11) is 0. The minimum absolute atomic E-state index is 0.483. The first-order valence-electron chi connectivity index (χ1n) is 8.04. The van der Waals surface area contributed by atoms with Crippen LogP contribution in [0.25, 0.3) is 0 Å². The van der Waals surface area contributed by atoms with Crippen LogP contribution in [0.3, 0.4) is 0 Å². The first-order chi connectivity index (χ1) is 10.2. The van der Waals surface area contributed by atoms with E-state index in [0.717, 1.165) is 43.1 Å². The Morgan fingerprint density at radius 1 is 1.14 bits per heavy atom. The molecule has 0 amide bonds. The van der Waals surface area contributed by atoms with Crippen molar-refractivity contribution in [2.24, 2.45) is 0 Å². The molecule has 4 nitrogen and oxygen atoms in total. The van der Waals surface area contributed by atoms with E-state index in [1.165, 1.54) is 12.8 Å². The van der Waals surface area contributed by atoms with Crippen molar-refractivity contribution >= 4 is 0 Å². The van der Waals surface area contributed by atoms with Gasteiger partial charge in [0.2, 0.25) is 0 Å². The Kier molecular flexibility index (Phi) is 6.33. The predicted molar refractivity (Wildman–Crippen MR) is 84.0 cm³/mol. The summed E-state index contributed by atoms with van der Waals surface area (Å²) >= 11 is 0. The van der Waals surface area contributed by atoms with Crippen LogP contribution in [0, 0.1) is 0 Å². The van der Waals surface area contributed by atoms with Crippen molar-refractivity contribution in [1.82, 2.24) is 4.90 Å². The summed E-state index contributed by atoms with van der Waals surface area (Å²) in [6, 6.07) is 5.70. The topological polar surface area (TPSA) is 41.9 Å². The van der Waals surface area contributed by atoms with Crippen molar-refractivity contribution in [1.29, 1.82) is 0 Å². The first kappa shape index (κ1) is 16.1. The molecule has 21 heavy (non-hydrogen) atoms. The van der Waals surface area contributed by atoms with Crippen LogP contribution in [0.1, 0.15) is 44.8 Å². The Hall–Kier alpha value is -1.26. The third-order valence-electron chi connectivity index (χ3n) is 3.87. The van der Waals surface area contributed by atoms with Crippen molar-refractivity contribution in [2.45, 2.75) is 39.2 Å². The van der Waals surface area contributed by atoms with E-state index < -0.39 is 6.10 Å². The molecule has 2 rings (SSSR count). The fourth-order valence-electron chi connectivity index (χ4n) is 2.79. The monoisotopic (exact) mass is 293 g/mol. The number of aliphatic hydroxyl groups is 1. The number of benzene rings is 1. The van der Waals surface area contributed by atoms with Crippen molar-refractivity contribution in [3.8, 4) is 11.5 Å². The van der Waals surface area contributed by atoms with E-state index in [-0.39, 0.29) is 0 Å². The molecule has 1 N–H and O–H groups in total. The maximum atomic E-state index is 10.5. The predicted octanol–water partition coefficient (Wildman–Crippen LogP) is 3.00. The van der Waals surface area contributed by atoms with Gasteiger partial charge in [0.05, 0.1) is 19.3 Å². The molecule has 1 aliphatic heterocycles. The molecular weight excluding hydrogens is 266 g/mol. The molecule has 1 saturated heterocycles. The Balaban J connectivity index is 2.01. The Morgan fingerprint density at radius 3 is 2.52 bits per heavy atom. The fraction of sp³-hybridized carbons (Fsp3) is 0.647. The van der Waals surface area contributed by atoms with E-state index in [4.69, 9.17) is 9.47 Å². The van der Waals surface area contributed by atoms with Crippen LogP contribution in [0.15, 0.2) is 18.2 Å². The van der Waals surface area contributed by atoms with Crippen LogP contribution in [-0.4, -0.2) is 42.9 Å². The molecule has 1 aliphatic rings. The molecule has 0 spiro atoms.